The van der Waals surface area contributed by atoms with Crippen molar-refractivity contribution in [3.05, 3.63) is 35.4 Å². The highest BCUT2D eigenvalue weighted by Gasteiger charge is 2.44. The topological polar surface area (TPSA) is 98.9 Å². The van der Waals surface area contributed by atoms with E-state index in [1.807, 2.05) is 0 Å². The fourth-order valence-corrected chi connectivity index (χ4v) is 4.50. The van der Waals surface area contributed by atoms with Gasteiger partial charge in [0, 0.05) is 0 Å². The molecule has 0 amide bonds. The number of carbonyl (C=O) groups is 1. The third-order valence-corrected chi connectivity index (χ3v) is 5.57. The van der Waals surface area contributed by atoms with E-state index < -0.39 is 36.7 Å². The maximum absolute atomic E-state index is 15.1. The molecule has 0 aliphatic heterocycles. The summed E-state index contributed by atoms with van der Waals surface area (Å²) in [7, 11) is -4.12. The van der Waals surface area contributed by atoms with E-state index in [2.05, 4.69) is 0 Å². The molecular formula is C18H29FNO5P. The van der Waals surface area contributed by atoms with Gasteiger partial charge in [-0.1, -0.05) is 24.3 Å². The lowest BCUT2D eigenvalue weighted by Gasteiger charge is -2.33. The summed E-state index contributed by atoms with van der Waals surface area (Å²) in [6.07, 6.45) is 0.112. The van der Waals surface area contributed by atoms with Crippen molar-refractivity contribution in [1.29, 1.82) is 0 Å². The molecule has 1 aromatic rings. The van der Waals surface area contributed by atoms with Gasteiger partial charge in [-0.05, 0) is 59.1 Å². The molecule has 26 heavy (non-hydrogen) atoms. The zero-order valence-corrected chi connectivity index (χ0v) is 17.0. The number of alkyl halides is 1. The van der Waals surface area contributed by atoms with E-state index in [0.29, 0.717) is 5.56 Å². The summed E-state index contributed by atoms with van der Waals surface area (Å²) in [6.45, 7) is 10.1. The van der Waals surface area contributed by atoms with Crippen LogP contribution < -0.4 is 5.73 Å². The highest BCUT2D eigenvalue weighted by molar-refractivity contribution is 7.54. The first-order chi connectivity index (χ1) is 11.6. The zero-order chi connectivity index (χ0) is 20.3. The van der Waals surface area contributed by atoms with Gasteiger partial charge in [-0.3, -0.25) is 9.36 Å². The zero-order valence-electron chi connectivity index (χ0n) is 16.2. The van der Waals surface area contributed by atoms with Gasteiger partial charge in [0.25, 0.3) is 0 Å². The summed E-state index contributed by atoms with van der Waals surface area (Å²) in [5.74, 6) is -3.08. The van der Waals surface area contributed by atoms with Gasteiger partial charge in [-0.15, -0.1) is 0 Å². The van der Waals surface area contributed by atoms with Gasteiger partial charge in [0.1, 0.15) is 6.04 Å². The molecule has 0 heterocycles. The Morgan fingerprint density at radius 2 is 1.54 bits per heavy atom. The van der Waals surface area contributed by atoms with Crippen molar-refractivity contribution in [1.82, 2.24) is 0 Å². The number of carboxylic acid groups (broad SMARTS) is 1. The van der Waals surface area contributed by atoms with Gasteiger partial charge in [-0.2, -0.15) is 0 Å². The Balaban J connectivity index is 3.09. The molecule has 1 aromatic carbocycles. The Kier molecular flexibility index (Phi) is 7.16. The van der Waals surface area contributed by atoms with Crippen molar-refractivity contribution < 1.29 is 27.9 Å². The van der Waals surface area contributed by atoms with Crippen LogP contribution in [0.3, 0.4) is 0 Å². The predicted molar refractivity (Wildman–Crippen MR) is 98.9 cm³/mol. The van der Waals surface area contributed by atoms with E-state index in [1.165, 1.54) is 12.1 Å². The van der Waals surface area contributed by atoms with Crippen LogP contribution in [-0.2, 0) is 24.8 Å². The Morgan fingerprint density at radius 1 is 1.12 bits per heavy atom. The molecule has 0 saturated carbocycles. The molecule has 6 nitrogen and oxygen atoms in total. The number of aliphatic carboxylic acids is 1. The molecule has 148 valence electrons. The summed E-state index contributed by atoms with van der Waals surface area (Å²) >= 11 is 0. The molecule has 0 radical (unpaired) electrons. The van der Waals surface area contributed by atoms with E-state index in [0.717, 1.165) is 0 Å². The third kappa shape index (κ3) is 7.16. The van der Waals surface area contributed by atoms with Gasteiger partial charge in [-0.25, -0.2) is 4.39 Å². The molecule has 0 spiro atoms. The van der Waals surface area contributed by atoms with Crippen molar-refractivity contribution in [2.75, 3.05) is 0 Å². The van der Waals surface area contributed by atoms with E-state index in [1.54, 1.807) is 53.7 Å². The van der Waals surface area contributed by atoms with Crippen LogP contribution in [0.25, 0.3) is 0 Å². The first-order valence-electron chi connectivity index (χ1n) is 8.35. The summed E-state index contributed by atoms with van der Waals surface area (Å²) in [6, 6.07) is 4.96. The lowest BCUT2D eigenvalue weighted by molar-refractivity contribution is -0.138. The monoisotopic (exact) mass is 389 g/mol. The molecule has 0 aliphatic carbocycles. The molecule has 2 atom stereocenters. The van der Waals surface area contributed by atoms with Gasteiger partial charge < -0.3 is 19.9 Å². The van der Waals surface area contributed by atoms with E-state index >= 15 is 4.39 Å². The fraction of sp³-hybridized carbons (Fsp3) is 0.611. The van der Waals surface area contributed by atoms with Crippen molar-refractivity contribution in [3.63, 3.8) is 0 Å². The maximum Gasteiger partial charge on any atom is 0.370 e. The molecule has 1 rings (SSSR count). The highest BCUT2D eigenvalue weighted by atomic mass is 31.2. The van der Waals surface area contributed by atoms with Crippen molar-refractivity contribution >= 4 is 13.6 Å². The Hall–Kier alpha value is -1.27. The van der Waals surface area contributed by atoms with Crippen LogP contribution in [0.15, 0.2) is 24.3 Å². The quantitative estimate of drug-likeness (QED) is 0.669. The summed E-state index contributed by atoms with van der Waals surface area (Å²) in [4.78, 5) is 10.8. The molecule has 0 bridgehead atoms. The molecule has 0 aromatic heterocycles. The number of halogens is 1. The van der Waals surface area contributed by atoms with Crippen LogP contribution in [0.2, 0.25) is 0 Å². The van der Waals surface area contributed by atoms with Crippen LogP contribution in [0, 0.1) is 0 Å². The van der Waals surface area contributed by atoms with Crippen LogP contribution >= 0.6 is 7.60 Å². The number of benzene rings is 1. The van der Waals surface area contributed by atoms with Gasteiger partial charge in [0.05, 0.1) is 11.2 Å². The Labute approximate surface area is 154 Å². The third-order valence-electron chi connectivity index (χ3n) is 3.11. The average Bonchev–Trinajstić information content (AvgIpc) is 2.43. The molecule has 8 heteroatoms. The Bertz CT molecular complexity index is 644. The minimum absolute atomic E-state index is 0.112. The number of hydrogen-bond acceptors (Lipinski definition) is 5. The number of rotatable bonds is 7. The minimum Gasteiger partial charge on any atom is -0.480 e. The average molecular weight is 389 g/mol. The summed E-state index contributed by atoms with van der Waals surface area (Å²) in [5.41, 5.74) is 4.54. The molecule has 0 saturated heterocycles. The van der Waals surface area contributed by atoms with Gasteiger partial charge in [0.2, 0.25) is 5.91 Å². The SMILES string of the molecule is CC(C)(C)OP(=O)(OC(C)(C)C)C(F)c1ccc(C[C@H](N)C(=O)O)cc1. The van der Waals surface area contributed by atoms with Crippen molar-refractivity contribution in [2.24, 2.45) is 5.73 Å². The number of hydrogen-bond donors (Lipinski definition) is 2. The minimum atomic E-state index is -4.12. The maximum atomic E-state index is 15.1. The first kappa shape index (κ1) is 22.8. The van der Waals surface area contributed by atoms with Crippen LogP contribution in [-0.4, -0.2) is 28.3 Å². The smallest absolute Gasteiger partial charge is 0.370 e. The predicted octanol–water partition coefficient (Wildman–Crippen LogP) is 4.43. The molecule has 3 N–H and O–H groups in total. The van der Waals surface area contributed by atoms with Crippen molar-refractivity contribution in [3.8, 4) is 0 Å². The Morgan fingerprint density at radius 3 is 1.88 bits per heavy atom. The van der Waals surface area contributed by atoms with Crippen molar-refractivity contribution in [2.45, 2.75) is 71.1 Å². The van der Waals surface area contributed by atoms with Crippen LogP contribution in [0.5, 0.6) is 0 Å². The van der Waals surface area contributed by atoms with E-state index in [4.69, 9.17) is 19.9 Å². The molecular weight excluding hydrogens is 360 g/mol. The number of nitrogens with two attached hydrogens (primary N) is 1. The van der Waals surface area contributed by atoms with E-state index in [-0.39, 0.29) is 12.0 Å². The highest BCUT2D eigenvalue weighted by Crippen LogP contribution is 2.65. The second-order valence-electron chi connectivity index (χ2n) is 8.17. The van der Waals surface area contributed by atoms with Crippen LogP contribution in [0.1, 0.15) is 58.6 Å². The first-order valence-corrected chi connectivity index (χ1v) is 9.97. The standard InChI is InChI=1S/C18H29FNO5P/c1-17(2,3)24-26(23,25-18(4,5)6)15(19)13-9-7-12(8-10-13)11-14(20)16(21)22/h7-10,14-15H,11,20H2,1-6H3,(H,21,22)/t14-,15?/m0/s1. The second-order valence-corrected chi connectivity index (χ2v) is 10.1. The van der Waals surface area contributed by atoms with Crippen LogP contribution in [0.4, 0.5) is 4.39 Å². The fourth-order valence-electron chi connectivity index (χ4n) is 2.21. The summed E-state index contributed by atoms with van der Waals surface area (Å²) < 4.78 is 39.3. The normalized spacial score (nSPS) is 15.5. The second kappa shape index (κ2) is 8.17. The number of carboxylic acids is 1. The lowest BCUT2D eigenvalue weighted by Crippen LogP contribution is -2.32. The molecule has 0 aliphatic rings. The van der Waals surface area contributed by atoms with Gasteiger partial charge in [0.15, 0.2) is 0 Å². The largest absolute Gasteiger partial charge is 0.480 e. The molecule has 1 unspecified atom stereocenters. The lowest BCUT2D eigenvalue weighted by atomic mass is 10.1. The van der Waals surface area contributed by atoms with Gasteiger partial charge >= 0.3 is 13.6 Å². The summed E-state index contributed by atoms with van der Waals surface area (Å²) in [5, 5.41) is 8.85. The molecule has 0 fully saturated rings. The van der Waals surface area contributed by atoms with E-state index in [9.17, 15) is 9.36 Å².